The van der Waals surface area contributed by atoms with E-state index in [1.807, 2.05) is 54.6 Å². The van der Waals surface area contributed by atoms with E-state index < -0.39 is 6.10 Å². The fraction of sp³-hybridized carbons (Fsp3) is 0.143. The van der Waals surface area contributed by atoms with Crippen LogP contribution in [0.25, 0.3) is 0 Å². The van der Waals surface area contributed by atoms with Gasteiger partial charge >= 0.3 is 0 Å². The molecule has 1 unspecified atom stereocenters. The highest BCUT2D eigenvalue weighted by Crippen LogP contribution is 2.21. The average Bonchev–Trinajstić information content (AvgIpc) is 2.39. The van der Waals surface area contributed by atoms with E-state index in [9.17, 15) is 5.11 Å². The Balaban J connectivity index is 2.24. The van der Waals surface area contributed by atoms with Gasteiger partial charge in [0, 0.05) is 0 Å². The molecule has 0 aliphatic rings. The Morgan fingerprint density at radius 3 is 1.94 bits per heavy atom. The molecule has 16 heavy (non-hydrogen) atoms. The van der Waals surface area contributed by atoms with Gasteiger partial charge in [-0.15, -0.1) is 0 Å². The summed E-state index contributed by atoms with van der Waals surface area (Å²) in [7, 11) is 0. The van der Waals surface area contributed by atoms with Crippen LogP contribution in [-0.4, -0.2) is 10.2 Å². The number of benzene rings is 2. The lowest BCUT2D eigenvalue weighted by Gasteiger charge is -2.11. The molecule has 0 aliphatic carbocycles. The van der Waals surface area contributed by atoms with Crippen molar-refractivity contribution < 1.29 is 10.2 Å². The monoisotopic (exact) mass is 214 g/mol. The summed E-state index contributed by atoms with van der Waals surface area (Å²) in [5.74, 6) is 0. The molecule has 2 heteroatoms. The van der Waals surface area contributed by atoms with Crippen LogP contribution >= 0.6 is 0 Å². The van der Waals surface area contributed by atoms with Gasteiger partial charge in [-0.05, 0) is 16.7 Å². The molecule has 0 fully saturated rings. The minimum Gasteiger partial charge on any atom is -0.392 e. The summed E-state index contributed by atoms with van der Waals surface area (Å²) in [5.41, 5.74) is 2.56. The zero-order valence-corrected chi connectivity index (χ0v) is 8.88. The van der Waals surface area contributed by atoms with Crippen molar-refractivity contribution in [1.29, 1.82) is 0 Å². The second kappa shape index (κ2) is 4.92. The summed E-state index contributed by atoms with van der Waals surface area (Å²) in [6, 6.07) is 16.8. The molecule has 2 nitrogen and oxygen atoms in total. The number of rotatable bonds is 3. The summed E-state index contributed by atoms with van der Waals surface area (Å²) >= 11 is 0. The molecule has 0 bridgehead atoms. The predicted molar refractivity (Wildman–Crippen MR) is 62.9 cm³/mol. The van der Waals surface area contributed by atoms with Gasteiger partial charge in [-0.25, -0.2) is 0 Å². The quantitative estimate of drug-likeness (QED) is 0.822. The predicted octanol–water partition coefficient (Wildman–Crippen LogP) is 2.26. The highest BCUT2D eigenvalue weighted by molar-refractivity contribution is 5.31. The first-order valence-corrected chi connectivity index (χ1v) is 5.24. The molecule has 0 aromatic heterocycles. The Bertz CT molecular complexity index is 434. The Morgan fingerprint density at radius 2 is 1.38 bits per heavy atom. The molecule has 2 aromatic rings. The number of aliphatic hydroxyl groups excluding tert-OH is 2. The summed E-state index contributed by atoms with van der Waals surface area (Å²) in [6.07, 6.45) is -0.603. The van der Waals surface area contributed by atoms with Crippen LogP contribution in [0.4, 0.5) is 0 Å². The van der Waals surface area contributed by atoms with E-state index in [2.05, 4.69) is 0 Å². The van der Waals surface area contributed by atoms with Gasteiger partial charge in [-0.2, -0.15) is 0 Å². The molecule has 2 N–H and O–H groups in total. The van der Waals surface area contributed by atoms with Crippen LogP contribution in [0, 0.1) is 0 Å². The first kappa shape index (κ1) is 10.9. The third kappa shape index (κ3) is 2.30. The smallest absolute Gasteiger partial charge is 0.104 e. The van der Waals surface area contributed by atoms with Crippen LogP contribution in [0.15, 0.2) is 54.6 Å². The van der Waals surface area contributed by atoms with E-state index in [-0.39, 0.29) is 6.61 Å². The third-order valence-electron chi connectivity index (χ3n) is 2.59. The lowest BCUT2D eigenvalue weighted by molar-refractivity contribution is 0.220. The Morgan fingerprint density at radius 1 is 0.812 bits per heavy atom. The van der Waals surface area contributed by atoms with Gasteiger partial charge in [0.15, 0.2) is 0 Å². The molecule has 0 aliphatic heterocycles. The minimum atomic E-state index is -0.603. The van der Waals surface area contributed by atoms with Crippen LogP contribution in [-0.2, 0) is 6.61 Å². The number of aliphatic hydroxyl groups is 2. The SMILES string of the molecule is OCc1ccc(C(O)c2ccccc2)cc1. The highest BCUT2D eigenvalue weighted by Gasteiger charge is 2.08. The van der Waals surface area contributed by atoms with Gasteiger partial charge < -0.3 is 10.2 Å². The van der Waals surface area contributed by atoms with Crippen LogP contribution in [0.3, 0.4) is 0 Å². The molecule has 0 spiro atoms. The third-order valence-corrected chi connectivity index (χ3v) is 2.59. The molecular formula is C14H14O2. The molecular weight excluding hydrogens is 200 g/mol. The largest absolute Gasteiger partial charge is 0.392 e. The molecule has 0 heterocycles. The number of hydrogen-bond acceptors (Lipinski definition) is 2. The Hall–Kier alpha value is -1.64. The van der Waals surface area contributed by atoms with Crippen molar-refractivity contribution in [2.24, 2.45) is 0 Å². The van der Waals surface area contributed by atoms with Crippen molar-refractivity contribution in [2.75, 3.05) is 0 Å². The summed E-state index contributed by atoms with van der Waals surface area (Å²) in [6.45, 7) is 0.0295. The van der Waals surface area contributed by atoms with Gasteiger partial charge in [-0.3, -0.25) is 0 Å². The topological polar surface area (TPSA) is 40.5 Å². The van der Waals surface area contributed by atoms with Crippen LogP contribution in [0.2, 0.25) is 0 Å². The molecule has 2 rings (SSSR count). The highest BCUT2D eigenvalue weighted by atomic mass is 16.3. The van der Waals surface area contributed by atoms with E-state index in [4.69, 9.17) is 5.11 Å². The van der Waals surface area contributed by atoms with Gasteiger partial charge in [0.1, 0.15) is 6.10 Å². The average molecular weight is 214 g/mol. The molecule has 0 saturated carbocycles. The molecule has 2 aromatic carbocycles. The zero-order chi connectivity index (χ0) is 11.4. The fourth-order valence-electron chi connectivity index (χ4n) is 1.63. The lowest BCUT2D eigenvalue weighted by Crippen LogP contribution is -1.99. The summed E-state index contributed by atoms with van der Waals surface area (Å²) in [4.78, 5) is 0. The standard InChI is InChI=1S/C14H14O2/c15-10-11-6-8-13(9-7-11)14(16)12-4-2-1-3-5-12/h1-9,14-16H,10H2. The first-order chi connectivity index (χ1) is 7.81. The van der Waals surface area contributed by atoms with Crippen molar-refractivity contribution in [3.05, 3.63) is 71.3 Å². The van der Waals surface area contributed by atoms with E-state index in [0.717, 1.165) is 16.7 Å². The zero-order valence-electron chi connectivity index (χ0n) is 8.88. The number of hydrogen-bond donors (Lipinski definition) is 2. The molecule has 1 atom stereocenters. The lowest BCUT2D eigenvalue weighted by atomic mass is 10.0. The van der Waals surface area contributed by atoms with Crippen molar-refractivity contribution >= 4 is 0 Å². The van der Waals surface area contributed by atoms with Crippen LogP contribution in [0.5, 0.6) is 0 Å². The van der Waals surface area contributed by atoms with E-state index in [1.165, 1.54) is 0 Å². The Kier molecular flexibility index (Phi) is 3.34. The van der Waals surface area contributed by atoms with Gasteiger partial charge in [0.05, 0.1) is 6.61 Å². The van der Waals surface area contributed by atoms with Crippen molar-refractivity contribution in [3.8, 4) is 0 Å². The first-order valence-electron chi connectivity index (χ1n) is 5.24. The minimum absolute atomic E-state index is 0.0295. The van der Waals surface area contributed by atoms with Crippen molar-refractivity contribution in [1.82, 2.24) is 0 Å². The van der Waals surface area contributed by atoms with Gasteiger partial charge in [-0.1, -0.05) is 54.6 Å². The maximum Gasteiger partial charge on any atom is 0.104 e. The van der Waals surface area contributed by atoms with Crippen molar-refractivity contribution in [2.45, 2.75) is 12.7 Å². The molecule has 0 amide bonds. The van der Waals surface area contributed by atoms with E-state index in [0.29, 0.717) is 0 Å². The van der Waals surface area contributed by atoms with Gasteiger partial charge in [0.25, 0.3) is 0 Å². The maximum absolute atomic E-state index is 10.1. The molecule has 82 valence electrons. The van der Waals surface area contributed by atoms with Gasteiger partial charge in [0.2, 0.25) is 0 Å². The van der Waals surface area contributed by atoms with E-state index >= 15 is 0 Å². The normalized spacial score (nSPS) is 12.4. The maximum atomic E-state index is 10.1. The summed E-state index contributed by atoms with van der Waals surface area (Å²) < 4.78 is 0. The van der Waals surface area contributed by atoms with E-state index in [1.54, 1.807) is 0 Å². The van der Waals surface area contributed by atoms with Crippen molar-refractivity contribution in [3.63, 3.8) is 0 Å². The Labute approximate surface area is 94.8 Å². The fourth-order valence-corrected chi connectivity index (χ4v) is 1.63. The molecule has 0 radical (unpaired) electrons. The second-order valence-corrected chi connectivity index (χ2v) is 3.71. The summed E-state index contributed by atoms with van der Waals surface area (Å²) in [5, 5.41) is 19.0. The van der Waals surface area contributed by atoms with Crippen LogP contribution < -0.4 is 0 Å². The second-order valence-electron chi connectivity index (χ2n) is 3.71. The van der Waals surface area contributed by atoms with Crippen LogP contribution in [0.1, 0.15) is 22.8 Å². The molecule has 0 saturated heterocycles.